The lowest BCUT2D eigenvalue weighted by atomic mass is 9.34. The van der Waals surface area contributed by atoms with Gasteiger partial charge in [0.2, 0.25) is 5.78 Å². The number of hydrogen-bond donors (Lipinski definition) is 2. The number of carbonyl (C=O) groups is 1. The highest BCUT2D eigenvalue weighted by Crippen LogP contribution is 2.75. The molecule has 0 heterocycles. The SMILES string of the molecule is [CH2][C@@]1(C)CC[C@@]2(C)CC[C@]3(C)C4=CC=C5C(=CC(=O)C(OP(=O)(O)O)=C5C)[C@]4(C)CC[C@@]3(C)[C@@H]2C1. The molecule has 0 aliphatic heterocycles. The van der Waals surface area contributed by atoms with Gasteiger partial charge in [-0.3, -0.25) is 14.6 Å². The van der Waals surface area contributed by atoms with Crippen molar-refractivity contribution in [3.8, 4) is 0 Å². The van der Waals surface area contributed by atoms with Crippen LogP contribution >= 0.6 is 7.82 Å². The summed E-state index contributed by atoms with van der Waals surface area (Å²) in [6.45, 7) is 18.4. The maximum atomic E-state index is 13.0. The van der Waals surface area contributed by atoms with E-state index in [0.29, 0.717) is 16.9 Å². The Bertz CT molecular complexity index is 1180. The molecule has 0 amide bonds. The van der Waals surface area contributed by atoms with Crippen molar-refractivity contribution in [2.75, 3.05) is 0 Å². The van der Waals surface area contributed by atoms with Gasteiger partial charge in [-0.2, -0.15) is 0 Å². The first kappa shape index (κ1) is 25.2. The van der Waals surface area contributed by atoms with E-state index in [1.807, 2.05) is 6.08 Å². The van der Waals surface area contributed by atoms with Crippen LogP contribution in [0.15, 0.2) is 46.3 Å². The number of fused-ring (bicyclic) bond motifs is 7. The zero-order valence-electron chi connectivity index (χ0n) is 22.0. The van der Waals surface area contributed by atoms with E-state index in [4.69, 9.17) is 4.52 Å². The first-order valence-corrected chi connectivity index (χ1v) is 14.5. The maximum absolute atomic E-state index is 13.0. The summed E-state index contributed by atoms with van der Waals surface area (Å²) in [5.74, 6) is -0.103. The Kier molecular flexibility index (Phi) is 5.29. The minimum atomic E-state index is -4.83. The van der Waals surface area contributed by atoms with Crippen LogP contribution in [0.1, 0.15) is 86.5 Å². The largest absolute Gasteiger partial charge is 0.524 e. The summed E-state index contributed by atoms with van der Waals surface area (Å²) in [6, 6.07) is 0. The van der Waals surface area contributed by atoms with E-state index < -0.39 is 13.6 Å². The van der Waals surface area contributed by atoms with Gasteiger partial charge in [-0.1, -0.05) is 52.3 Å². The van der Waals surface area contributed by atoms with Gasteiger partial charge in [-0.25, -0.2) is 4.57 Å². The minimum absolute atomic E-state index is 0.00378. The number of rotatable bonds is 2. The minimum Gasteiger partial charge on any atom is -0.400 e. The number of phosphoric acid groups is 1. The van der Waals surface area contributed by atoms with E-state index >= 15 is 0 Å². The second-order valence-electron chi connectivity index (χ2n) is 13.4. The van der Waals surface area contributed by atoms with Gasteiger partial charge in [0.05, 0.1) is 0 Å². The first-order valence-electron chi connectivity index (χ1n) is 13.0. The van der Waals surface area contributed by atoms with Crippen molar-refractivity contribution in [3.63, 3.8) is 0 Å². The van der Waals surface area contributed by atoms with Crippen LogP contribution in [0.5, 0.6) is 0 Å². The molecule has 2 N–H and O–H groups in total. The molecule has 5 rings (SSSR count). The maximum Gasteiger partial charge on any atom is 0.524 e. The highest BCUT2D eigenvalue weighted by atomic mass is 31.2. The van der Waals surface area contributed by atoms with Crippen LogP contribution in [0.4, 0.5) is 0 Å². The number of carbonyl (C=O) groups excluding carboxylic acids is 1. The Labute approximate surface area is 210 Å². The summed E-state index contributed by atoms with van der Waals surface area (Å²) in [5.41, 5.74) is 4.07. The lowest BCUT2D eigenvalue weighted by molar-refractivity contribution is -0.156. The van der Waals surface area contributed by atoms with E-state index in [0.717, 1.165) is 36.8 Å². The van der Waals surface area contributed by atoms with Crippen LogP contribution in [0, 0.1) is 39.9 Å². The van der Waals surface area contributed by atoms with Crippen molar-refractivity contribution < 1.29 is 23.7 Å². The molecule has 3 fully saturated rings. The van der Waals surface area contributed by atoms with Gasteiger partial charge in [0.15, 0.2) is 5.76 Å². The van der Waals surface area contributed by atoms with Crippen molar-refractivity contribution in [1.29, 1.82) is 0 Å². The second-order valence-corrected chi connectivity index (χ2v) is 14.6. The quantitative estimate of drug-likeness (QED) is 0.400. The number of phosphoric ester groups is 1. The van der Waals surface area contributed by atoms with E-state index in [1.54, 1.807) is 13.0 Å². The normalized spacial score (nSPS) is 42.6. The Morgan fingerprint density at radius 3 is 2.31 bits per heavy atom. The fourth-order valence-electron chi connectivity index (χ4n) is 8.75. The van der Waals surface area contributed by atoms with Crippen molar-refractivity contribution in [1.82, 2.24) is 0 Å². The third-order valence-electron chi connectivity index (χ3n) is 11.2. The lowest BCUT2D eigenvalue weighted by Gasteiger charge is -2.70. The van der Waals surface area contributed by atoms with Crippen LogP contribution < -0.4 is 0 Å². The van der Waals surface area contributed by atoms with Gasteiger partial charge in [-0.05, 0) is 104 Å². The van der Waals surface area contributed by atoms with Crippen molar-refractivity contribution in [2.45, 2.75) is 86.5 Å². The fraction of sp³-hybridized carbons (Fsp3) is 0.655. The summed E-state index contributed by atoms with van der Waals surface area (Å²) in [7, 11) is -4.83. The molecule has 5 aliphatic carbocycles. The molecule has 35 heavy (non-hydrogen) atoms. The average Bonchev–Trinajstić information content (AvgIpc) is 2.74. The molecule has 0 aromatic rings. The molecule has 0 aromatic carbocycles. The smallest absolute Gasteiger partial charge is 0.400 e. The number of allylic oxidation sites excluding steroid dienone is 7. The highest BCUT2D eigenvalue weighted by molar-refractivity contribution is 7.46. The Morgan fingerprint density at radius 1 is 1.00 bits per heavy atom. The molecular weight excluding hydrogens is 459 g/mol. The molecule has 0 aromatic heterocycles. The van der Waals surface area contributed by atoms with Gasteiger partial charge < -0.3 is 4.52 Å². The molecule has 0 unspecified atom stereocenters. The van der Waals surface area contributed by atoms with Crippen molar-refractivity contribution in [3.05, 3.63) is 53.2 Å². The Morgan fingerprint density at radius 2 is 1.66 bits per heavy atom. The van der Waals surface area contributed by atoms with Crippen molar-refractivity contribution in [2.24, 2.45) is 33.0 Å². The van der Waals surface area contributed by atoms with Crippen LogP contribution in [0.2, 0.25) is 0 Å². The Balaban J connectivity index is 1.62. The lowest BCUT2D eigenvalue weighted by Crippen LogP contribution is -2.61. The zero-order chi connectivity index (χ0) is 25.8. The van der Waals surface area contributed by atoms with Gasteiger partial charge >= 0.3 is 7.82 Å². The predicted molar refractivity (Wildman–Crippen MR) is 137 cm³/mol. The topological polar surface area (TPSA) is 83.8 Å². The molecule has 6 heteroatoms. The number of hydrogen-bond acceptors (Lipinski definition) is 3. The van der Waals surface area contributed by atoms with Crippen LogP contribution in [-0.4, -0.2) is 15.6 Å². The predicted octanol–water partition coefficient (Wildman–Crippen LogP) is 7.00. The van der Waals surface area contributed by atoms with E-state index in [2.05, 4.69) is 47.6 Å². The summed E-state index contributed by atoms with van der Waals surface area (Å²) >= 11 is 0. The molecule has 0 spiro atoms. The monoisotopic (exact) mass is 499 g/mol. The fourth-order valence-corrected chi connectivity index (χ4v) is 9.21. The van der Waals surface area contributed by atoms with Crippen LogP contribution in [0.25, 0.3) is 0 Å². The van der Waals surface area contributed by atoms with E-state index in [-0.39, 0.29) is 27.4 Å². The molecule has 5 aliphatic rings. The Hall–Kier alpha value is -1.42. The van der Waals surface area contributed by atoms with E-state index in [9.17, 15) is 19.1 Å². The molecule has 1 radical (unpaired) electrons. The molecule has 6 atom stereocenters. The van der Waals surface area contributed by atoms with Gasteiger partial charge in [0, 0.05) is 11.0 Å². The highest BCUT2D eigenvalue weighted by Gasteiger charge is 2.66. The first-order chi connectivity index (χ1) is 16.0. The summed E-state index contributed by atoms with van der Waals surface area (Å²) in [5, 5.41) is 0. The summed E-state index contributed by atoms with van der Waals surface area (Å²) in [6.07, 6.45) is 13.9. The average molecular weight is 500 g/mol. The standard InChI is InChI=1S/C29H40O5P/c1-18-19-8-9-22-27(5,20(19)16-21(30)24(18)34-35(31,32)33)13-15-29(7)23-17-25(2,3)10-11-26(23,4)12-14-28(22,29)6/h8-9,16,23H,2,10-15,17H2,1,3-7H3,(H2,31,32,33)/t23-,25-,26+,27+,28-,29+/m1/s1. The van der Waals surface area contributed by atoms with Crippen LogP contribution in [-0.2, 0) is 13.9 Å². The zero-order valence-corrected chi connectivity index (χ0v) is 22.9. The molecule has 191 valence electrons. The molecule has 3 saturated carbocycles. The third kappa shape index (κ3) is 3.48. The number of ketones is 1. The molecule has 0 saturated heterocycles. The summed E-state index contributed by atoms with van der Waals surface area (Å²) in [4.78, 5) is 31.7. The van der Waals surface area contributed by atoms with Crippen LogP contribution in [0.3, 0.4) is 0 Å². The second kappa shape index (κ2) is 7.33. The van der Waals surface area contributed by atoms with Gasteiger partial charge in [-0.15, -0.1) is 0 Å². The molecule has 0 bridgehead atoms. The molecular formula is C29H40O5P. The third-order valence-corrected chi connectivity index (χ3v) is 11.6. The van der Waals surface area contributed by atoms with Gasteiger partial charge in [0.25, 0.3) is 0 Å². The van der Waals surface area contributed by atoms with E-state index in [1.165, 1.54) is 24.8 Å². The summed E-state index contributed by atoms with van der Waals surface area (Å²) < 4.78 is 16.3. The van der Waals surface area contributed by atoms with Gasteiger partial charge in [0.1, 0.15) is 0 Å². The van der Waals surface area contributed by atoms with Crippen molar-refractivity contribution >= 4 is 13.6 Å². The molecule has 5 nitrogen and oxygen atoms in total.